The van der Waals surface area contributed by atoms with E-state index in [1.54, 1.807) is 24.8 Å². The summed E-state index contributed by atoms with van der Waals surface area (Å²) in [4.78, 5) is 13.2. The molecule has 0 unspecified atom stereocenters. The molecule has 0 fully saturated rings. The Hall–Kier alpha value is -1.36. The Morgan fingerprint density at radius 2 is 2.36 bits per heavy atom. The van der Waals surface area contributed by atoms with E-state index in [1.807, 2.05) is 6.92 Å². The Labute approximate surface area is 82.9 Å². The number of carbonyl (C=O) groups excluding carboxylic acids is 1. The zero-order valence-electron chi connectivity index (χ0n) is 8.69. The number of rotatable bonds is 3. The van der Waals surface area contributed by atoms with E-state index in [-0.39, 0.29) is 12.5 Å². The summed E-state index contributed by atoms with van der Waals surface area (Å²) in [6.07, 6.45) is 0. The van der Waals surface area contributed by atoms with Gasteiger partial charge in [0.1, 0.15) is 5.69 Å². The van der Waals surface area contributed by atoms with Crippen molar-refractivity contribution in [2.45, 2.75) is 6.92 Å². The third-order valence-electron chi connectivity index (χ3n) is 2.00. The number of hydrogen-bond donors (Lipinski definition) is 1. The molecular formula is C9H15N3O2. The minimum Gasteiger partial charge on any atom is -0.395 e. The molecule has 0 radical (unpaired) electrons. The molecule has 5 nitrogen and oxygen atoms in total. The topological polar surface area (TPSA) is 58.4 Å². The maximum atomic E-state index is 11.7. The zero-order valence-corrected chi connectivity index (χ0v) is 8.69. The minimum atomic E-state index is -0.123. The van der Waals surface area contributed by atoms with Gasteiger partial charge in [0.25, 0.3) is 5.91 Å². The summed E-state index contributed by atoms with van der Waals surface area (Å²) in [5.74, 6) is -0.123. The lowest BCUT2D eigenvalue weighted by Gasteiger charge is -2.15. The third-order valence-corrected chi connectivity index (χ3v) is 2.00. The fourth-order valence-electron chi connectivity index (χ4n) is 1.26. The van der Waals surface area contributed by atoms with E-state index in [4.69, 9.17) is 5.11 Å². The first-order valence-electron chi connectivity index (χ1n) is 4.43. The Bertz CT molecular complexity index is 333. The van der Waals surface area contributed by atoms with Crippen molar-refractivity contribution in [2.75, 3.05) is 20.2 Å². The van der Waals surface area contributed by atoms with Crippen LogP contribution >= 0.6 is 0 Å². The van der Waals surface area contributed by atoms with Gasteiger partial charge in [0.05, 0.1) is 12.3 Å². The second-order valence-electron chi connectivity index (χ2n) is 3.24. The number of aliphatic hydroxyl groups is 1. The molecule has 14 heavy (non-hydrogen) atoms. The van der Waals surface area contributed by atoms with E-state index in [1.165, 1.54) is 4.90 Å². The van der Waals surface area contributed by atoms with E-state index in [0.717, 1.165) is 5.69 Å². The highest BCUT2D eigenvalue weighted by Gasteiger charge is 2.15. The lowest BCUT2D eigenvalue weighted by Crippen LogP contribution is -2.30. The highest BCUT2D eigenvalue weighted by molar-refractivity contribution is 5.92. The molecule has 1 aromatic heterocycles. The quantitative estimate of drug-likeness (QED) is 0.729. The van der Waals surface area contributed by atoms with Gasteiger partial charge < -0.3 is 10.0 Å². The van der Waals surface area contributed by atoms with Crippen molar-refractivity contribution >= 4 is 5.91 Å². The van der Waals surface area contributed by atoms with Crippen molar-refractivity contribution in [3.8, 4) is 0 Å². The molecule has 0 aromatic carbocycles. The third kappa shape index (κ3) is 2.11. The van der Waals surface area contributed by atoms with Gasteiger partial charge in [-0.15, -0.1) is 0 Å². The molecule has 5 heteroatoms. The molecule has 1 N–H and O–H groups in total. The average molecular weight is 197 g/mol. The summed E-state index contributed by atoms with van der Waals surface area (Å²) in [5, 5.41) is 12.8. The summed E-state index contributed by atoms with van der Waals surface area (Å²) < 4.78 is 1.55. The second-order valence-corrected chi connectivity index (χ2v) is 3.24. The Morgan fingerprint density at radius 1 is 1.71 bits per heavy atom. The van der Waals surface area contributed by atoms with Gasteiger partial charge in [-0.2, -0.15) is 5.10 Å². The molecular weight excluding hydrogens is 182 g/mol. The average Bonchev–Trinajstić information content (AvgIpc) is 2.44. The highest BCUT2D eigenvalue weighted by atomic mass is 16.3. The van der Waals surface area contributed by atoms with Crippen molar-refractivity contribution < 1.29 is 9.90 Å². The normalized spacial score (nSPS) is 10.3. The van der Waals surface area contributed by atoms with Crippen LogP contribution in [-0.4, -0.2) is 45.9 Å². The lowest BCUT2D eigenvalue weighted by molar-refractivity contribution is 0.0756. The molecule has 1 aromatic rings. The molecule has 0 saturated carbocycles. The van der Waals surface area contributed by atoms with Crippen LogP contribution in [0.5, 0.6) is 0 Å². The maximum Gasteiger partial charge on any atom is 0.271 e. The van der Waals surface area contributed by atoms with Crippen LogP contribution in [0.25, 0.3) is 0 Å². The standard InChI is InChI=1S/C9H15N3O2/c1-7-6-8(12(3)10-7)9(14)11(2)4-5-13/h6,13H,4-5H2,1-3H3. The van der Waals surface area contributed by atoms with E-state index in [2.05, 4.69) is 5.10 Å². The summed E-state index contributed by atoms with van der Waals surface area (Å²) >= 11 is 0. The lowest BCUT2D eigenvalue weighted by atomic mass is 10.3. The number of aliphatic hydroxyl groups excluding tert-OH is 1. The Balaban J connectivity index is 2.83. The first-order chi connectivity index (χ1) is 6.56. The fraction of sp³-hybridized carbons (Fsp3) is 0.556. The minimum absolute atomic E-state index is 0.0287. The SMILES string of the molecule is Cc1cc(C(=O)N(C)CCO)n(C)n1. The smallest absolute Gasteiger partial charge is 0.271 e. The predicted molar refractivity (Wildman–Crippen MR) is 52.0 cm³/mol. The molecule has 0 aliphatic carbocycles. The van der Waals surface area contributed by atoms with Crippen molar-refractivity contribution in [3.63, 3.8) is 0 Å². The number of aryl methyl sites for hydroxylation is 2. The molecule has 0 aliphatic rings. The first-order valence-corrected chi connectivity index (χ1v) is 4.43. The molecule has 0 aliphatic heterocycles. The van der Waals surface area contributed by atoms with Gasteiger partial charge in [0.2, 0.25) is 0 Å². The van der Waals surface area contributed by atoms with Crippen LogP contribution < -0.4 is 0 Å². The summed E-state index contributed by atoms with van der Waals surface area (Å²) in [5.41, 5.74) is 1.35. The van der Waals surface area contributed by atoms with Crippen molar-refractivity contribution in [2.24, 2.45) is 7.05 Å². The van der Waals surface area contributed by atoms with Gasteiger partial charge in [-0.25, -0.2) is 0 Å². The molecule has 1 heterocycles. The molecule has 1 rings (SSSR count). The van der Waals surface area contributed by atoms with Gasteiger partial charge in [-0.05, 0) is 13.0 Å². The molecule has 1 amide bonds. The van der Waals surface area contributed by atoms with Crippen molar-refractivity contribution in [1.82, 2.24) is 14.7 Å². The number of amides is 1. The van der Waals surface area contributed by atoms with Crippen molar-refractivity contribution in [3.05, 3.63) is 17.5 Å². The zero-order chi connectivity index (χ0) is 10.7. The fourth-order valence-corrected chi connectivity index (χ4v) is 1.26. The molecule has 0 saturated heterocycles. The van der Waals surface area contributed by atoms with E-state index in [9.17, 15) is 4.79 Å². The predicted octanol–water partition coefficient (Wildman–Crippen LogP) is -0.207. The number of likely N-dealkylation sites (N-methyl/N-ethyl adjacent to an activating group) is 1. The van der Waals surface area contributed by atoms with E-state index in [0.29, 0.717) is 12.2 Å². The maximum absolute atomic E-state index is 11.7. The van der Waals surface area contributed by atoms with Crippen molar-refractivity contribution in [1.29, 1.82) is 0 Å². The monoisotopic (exact) mass is 197 g/mol. The highest BCUT2D eigenvalue weighted by Crippen LogP contribution is 2.04. The van der Waals surface area contributed by atoms with Crippen LogP contribution in [0, 0.1) is 6.92 Å². The molecule has 0 spiro atoms. The second kappa shape index (κ2) is 4.23. The van der Waals surface area contributed by atoms with E-state index >= 15 is 0 Å². The summed E-state index contributed by atoms with van der Waals surface area (Å²) in [6.45, 7) is 2.14. The Morgan fingerprint density at radius 3 is 2.79 bits per heavy atom. The molecule has 0 bridgehead atoms. The van der Waals surface area contributed by atoms with Gasteiger partial charge in [-0.3, -0.25) is 9.48 Å². The van der Waals surface area contributed by atoms with Crippen LogP contribution in [-0.2, 0) is 7.05 Å². The van der Waals surface area contributed by atoms with Crippen LogP contribution in [0.15, 0.2) is 6.07 Å². The summed E-state index contributed by atoms with van der Waals surface area (Å²) in [7, 11) is 3.38. The molecule has 78 valence electrons. The largest absolute Gasteiger partial charge is 0.395 e. The number of nitrogens with zero attached hydrogens (tertiary/aromatic N) is 3. The number of hydrogen-bond acceptors (Lipinski definition) is 3. The first kappa shape index (κ1) is 10.7. The van der Waals surface area contributed by atoms with Gasteiger partial charge in [-0.1, -0.05) is 0 Å². The number of carbonyl (C=O) groups is 1. The van der Waals surface area contributed by atoms with Crippen LogP contribution in [0.2, 0.25) is 0 Å². The van der Waals surface area contributed by atoms with Crippen LogP contribution in [0.3, 0.4) is 0 Å². The Kier molecular flexibility index (Phi) is 3.24. The number of aromatic nitrogens is 2. The van der Waals surface area contributed by atoms with Crippen LogP contribution in [0.1, 0.15) is 16.2 Å². The summed E-state index contributed by atoms with van der Waals surface area (Å²) in [6, 6.07) is 1.73. The van der Waals surface area contributed by atoms with Gasteiger partial charge >= 0.3 is 0 Å². The molecule has 0 atom stereocenters. The van der Waals surface area contributed by atoms with E-state index < -0.39 is 0 Å². The van der Waals surface area contributed by atoms with Gasteiger partial charge in [0, 0.05) is 20.6 Å². The van der Waals surface area contributed by atoms with Gasteiger partial charge in [0.15, 0.2) is 0 Å². The van der Waals surface area contributed by atoms with Crippen LogP contribution in [0.4, 0.5) is 0 Å².